The summed E-state index contributed by atoms with van der Waals surface area (Å²) in [5.41, 5.74) is 9.67. The summed E-state index contributed by atoms with van der Waals surface area (Å²) >= 11 is 0. The number of hydrogen-bond acceptors (Lipinski definition) is 4. The van der Waals surface area contributed by atoms with Crippen LogP contribution in [-0.2, 0) is 25.7 Å². The smallest absolute Gasteiger partial charge is 0.126 e. The van der Waals surface area contributed by atoms with Crippen LogP contribution in [0.1, 0.15) is 97.9 Å². The Bertz CT molecular complexity index is 1730. The highest BCUT2D eigenvalue weighted by Crippen LogP contribution is 2.39. The molecule has 6 heteroatoms. The zero-order valence-corrected chi connectivity index (χ0v) is 37.9. The SMILES string of the molecule is C=CC[Si](C)(C)c1cc2c(OCCC)c(c1)Cc1cccc(c1OCCC)Cc1cc([Si](C)(C)CC=C)cc(c1OCCC)Cc1cccc(c1OCCC)C2. The van der Waals surface area contributed by atoms with Crippen molar-refractivity contribution in [2.24, 2.45) is 0 Å². The van der Waals surface area contributed by atoms with E-state index < -0.39 is 16.1 Å². The van der Waals surface area contributed by atoms with E-state index in [2.05, 4.69) is 140 Å². The van der Waals surface area contributed by atoms with Gasteiger partial charge in [-0.15, -0.1) is 13.2 Å². The Morgan fingerprint density at radius 1 is 0.446 bits per heavy atom. The summed E-state index contributed by atoms with van der Waals surface area (Å²) in [6.45, 7) is 29.6. The molecular formula is C50H68O4Si2. The van der Waals surface area contributed by atoms with Crippen LogP contribution in [0.15, 0.2) is 86.0 Å². The number of benzene rings is 4. The van der Waals surface area contributed by atoms with E-state index in [-0.39, 0.29) is 0 Å². The van der Waals surface area contributed by atoms with Crippen LogP contribution >= 0.6 is 0 Å². The van der Waals surface area contributed by atoms with Crippen molar-refractivity contribution in [3.63, 3.8) is 0 Å². The zero-order chi connectivity index (χ0) is 40.3. The van der Waals surface area contributed by atoms with Crippen molar-refractivity contribution in [2.75, 3.05) is 26.4 Å². The minimum absolute atomic E-state index is 0.659. The third kappa shape index (κ3) is 10.3. The molecule has 0 saturated carbocycles. The molecule has 4 aromatic rings. The lowest BCUT2D eigenvalue weighted by atomic mass is 9.91. The summed E-state index contributed by atoms with van der Waals surface area (Å²) in [6, 6.07) is 25.3. The maximum absolute atomic E-state index is 6.82. The van der Waals surface area contributed by atoms with Crippen LogP contribution in [0.3, 0.4) is 0 Å². The van der Waals surface area contributed by atoms with E-state index in [9.17, 15) is 0 Å². The van der Waals surface area contributed by atoms with Crippen molar-refractivity contribution < 1.29 is 18.9 Å². The Labute approximate surface area is 341 Å². The first-order valence-electron chi connectivity index (χ1n) is 21.3. The van der Waals surface area contributed by atoms with Gasteiger partial charge >= 0.3 is 0 Å². The minimum Gasteiger partial charge on any atom is -0.493 e. The molecule has 0 unspecified atom stereocenters. The van der Waals surface area contributed by atoms with Crippen molar-refractivity contribution in [2.45, 2.75) is 117 Å². The second-order valence-corrected chi connectivity index (χ2v) is 26.4. The van der Waals surface area contributed by atoms with E-state index in [1.807, 2.05) is 0 Å². The molecule has 5 rings (SSSR count). The lowest BCUT2D eigenvalue weighted by Gasteiger charge is -2.28. The predicted octanol–water partition coefficient (Wildman–Crippen LogP) is 11.7. The predicted molar refractivity (Wildman–Crippen MR) is 244 cm³/mol. The van der Waals surface area contributed by atoms with Gasteiger partial charge in [0.2, 0.25) is 0 Å². The molecule has 0 aromatic heterocycles. The summed E-state index contributed by atoms with van der Waals surface area (Å²) in [7, 11) is -3.74. The molecular weight excluding hydrogens is 721 g/mol. The maximum atomic E-state index is 6.82. The van der Waals surface area contributed by atoms with Gasteiger partial charge in [0.1, 0.15) is 23.0 Å². The summed E-state index contributed by atoms with van der Waals surface area (Å²) in [6.07, 6.45) is 10.8. The molecule has 0 atom stereocenters. The Balaban J connectivity index is 1.89. The van der Waals surface area contributed by atoms with E-state index in [4.69, 9.17) is 18.9 Å². The number of ether oxygens (including phenoxy) is 4. The molecule has 0 saturated heterocycles. The van der Waals surface area contributed by atoms with E-state index in [0.717, 1.165) is 60.8 Å². The molecule has 0 radical (unpaired) electrons. The average molecular weight is 789 g/mol. The highest BCUT2D eigenvalue weighted by Gasteiger charge is 2.29. The minimum atomic E-state index is -1.87. The van der Waals surface area contributed by atoms with Gasteiger partial charge < -0.3 is 18.9 Å². The topological polar surface area (TPSA) is 36.9 Å². The van der Waals surface area contributed by atoms with Crippen LogP contribution in [0.25, 0.3) is 0 Å². The molecule has 0 fully saturated rings. The summed E-state index contributed by atoms with van der Waals surface area (Å²) in [4.78, 5) is 0. The number of para-hydroxylation sites is 2. The Kier molecular flexibility index (Phi) is 15.3. The fourth-order valence-corrected chi connectivity index (χ4v) is 12.2. The van der Waals surface area contributed by atoms with Gasteiger partial charge in [0.25, 0.3) is 0 Å². The van der Waals surface area contributed by atoms with Crippen LogP contribution in [0.5, 0.6) is 23.0 Å². The van der Waals surface area contributed by atoms with Gasteiger partial charge in [0.05, 0.1) is 42.6 Å². The first-order valence-corrected chi connectivity index (χ1v) is 27.7. The molecule has 56 heavy (non-hydrogen) atoms. The molecule has 300 valence electrons. The van der Waals surface area contributed by atoms with Crippen LogP contribution in [0.2, 0.25) is 38.3 Å². The molecule has 1 aliphatic carbocycles. The molecule has 4 aromatic carbocycles. The van der Waals surface area contributed by atoms with Crippen molar-refractivity contribution in [3.8, 4) is 23.0 Å². The third-order valence-corrected chi connectivity index (χ3v) is 17.4. The summed E-state index contributed by atoms with van der Waals surface area (Å²) in [5.74, 6) is 4.00. The van der Waals surface area contributed by atoms with Gasteiger partial charge in [0, 0.05) is 25.7 Å². The van der Waals surface area contributed by atoms with E-state index in [1.54, 1.807) is 0 Å². The lowest BCUT2D eigenvalue weighted by Crippen LogP contribution is -2.41. The fourth-order valence-electron chi connectivity index (χ4n) is 7.98. The normalized spacial score (nSPS) is 12.9. The lowest BCUT2D eigenvalue weighted by molar-refractivity contribution is 0.304. The molecule has 0 N–H and O–H groups in total. The number of rotatable bonds is 18. The summed E-state index contributed by atoms with van der Waals surface area (Å²) < 4.78 is 27.2. The van der Waals surface area contributed by atoms with Crippen molar-refractivity contribution in [3.05, 3.63) is 130 Å². The van der Waals surface area contributed by atoms with E-state index in [0.29, 0.717) is 52.1 Å². The van der Waals surface area contributed by atoms with Crippen molar-refractivity contribution in [1.82, 2.24) is 0 Å². The van der Waals surface area contributed by atoms with Crippen molar-refractivity contribution >= 4 is 26.5 Å². The highest BCUT2D eigenvalue weighted by molar-refractivity contribution is 6.90. The Hall–Kier alpha value is -4.01. The van der Waals surface area contributed by atoms with Gasteiger partial charge in [-0.25, -0.2) is 0 Å². The van der Waals surface area contributed by atoms with E-state index >= 15 is 0 Å². The maximum Gasteiger partial charge on any atom is 0.126 e. The van der Waals surface area contributed by atoms with Gasteiger partial charge in [-0.2, -0.15) is 0 Å². The standard InChI is InChI=1S/C50H68O4Si2/c1-11-23-51-47-37-19-17-20-38(47)30-42-34-46(56(9,10)28-16-6)36-44(50(42)54-26-14-4)32-40-22-18-21-39(48(40)52-24-12-2)31-43-35-45(55(7,8)27-15-5)33-41(29-37)49(43)53-25-13-3/h15-22,33-36H,5-6,11-14,23-32H2,1-4,7-10H3. The molecule has 0 amide bonds. The van der Waals surface area contributed by atoms with Gasteiger partial charge in [0.15, 0.2) is 0 Å². The van der Waals surface area contributed by atoms with E-state index in [1.165, 1.54) is 54.9 Å². The quantitative estimate of drug-likeness (QED) is 0.0655. The van der Waals surface area contributed by atoms with Gasteiger partial charge in [-0.3, -0.25) is 0 Å². The molecule has 4 nitrogen and oxygen atoms in total. The second kappa shape index (κ2) is 19.9. The number of fused-ring (bicyclic) bond motifs is 8. The van der Waals surface area contributed by atoms with Crippen LogP contribution in [0.4, 0.5) is 0 Å². The molecule has 0 heterocycles. The summed E-state index contributed by atoms with van der Waals surface area (Å²) in [5, 5.41) is 2.86. The van der Waals surface area contributed by atoms with Crippen LogP contribution in [0, 0.1) is 0 Å². The first-order chi connectivity index (χ1) is 27.0. The third-order valence-electron chi connectivity index (χ3n) is 11.0. The van der Waals surface area contributed by atoms with Crippen LogP contribution < -0.4 is 29.3 Å². The zero-order valence-electron chi connectivity index (χ0n) is 35.9. The molecule has 1 aliphatic rings. The molecule has 0 aliphatic heterocycles. The first kappa shape index (κ1) is 43.1. The highest BCUT2D eigenvalue weighted by atomic mass is 28.3. The largest absolute Gasteiger partial charge is 0.493 e. The van der Waals surface area contributed by atoms with Gasteiger partial charge in [-0.05, 0) is 82.3 Å². The second-order valence-electron chi connectivity index (χ2n) is 16.9. The average Bonchev–Trinajstić information content (AvgIpc) is 3.16. The van der Waals surface area contributed by atoms with Crippen molar-refractivity contribution in [1.29, 1.82) is 0 Å². The number of allylic oxidation sites excluding steroid dienone is 2. The Morgan fingerprint density at radius 2 is 0.696 bits per heavy atom. The van der Waals surface area contributed by atoms with Crippen LogP contribution in [-0.4, -0.2) is 42.6 Å². The van der Waals surface area contributed by atoms with Gasteiger partial charge in [-0.1, -0.05) is 137 Å². The monoisotopic (exact) mass is 788 g/mol. The molecule has 0 spiro atoms. The Morgan fingerprint density at radius 3 is 0.929 bits per heavy atom. The molecule has 8 bridgehead atoms. The fraction of sp³-hybridized carbons (Fsp3) is 0.440. The number of hydrogen-bond donors (Lipinski definition) is 0.